The minimum absolute atomic E-state index is 0.0180. The SMILES string of the molecule is CCC(C)(C)N(C)C(=O)c1ccc(N)c(C(F)(F)F)c1. The summed E-state index contributed by atoms with van der Waals surface area (Å²) < 4.78 is 38.4. The Labute approximate surface area is 116 Å². The molecule has 0 aromatic heterocycles. The van der Waals surface area contributed by atoms with Gasteiger partial charge in [-0.3, -0.25) is 4.79 Å². The van der Waals surface area contributed by atoms with E-state index in [1.165, 1.54) is 11.0 Å². The molecular formula is C14H19F3N2O. The highest BCUT2D eigenvalue weighted by molar-refractivity contribution is 5.95. The van der Waals surface area contributed by atoms with Crippen LogP contribution in [0.1, 0.15) is 43.1 Å². The van der Waals surface area contributed by atoms with Crippen LogP contribution in [0.5, 0.6) is 0 Å². The van der Waals surface area contributed by atoms with Crippen molar-refractivity contribution in [1.29, 1.82) is 0 Å². The average molecular weight is 288 g/mol. The quantitative estimate of drug-likeness (QED) is 0.865. The molecule has 0 aliphatic rings. The molecule has 1 rings (SSSR count). The summed E-state index contributed by atoms with van der Waals surface area (Å²) in [4.78, 5) is 13.7. The smallest absolute Gasteiger partial charge is 0.398 e. The molecule has 6 heteroatoms. The number of halogens is 3. The molecule has 0 aliphatic carbocycles. The zero-order valence-electron chi connectivity index (χ0n) is 12.0. The number of nitrogens with two attached hydrogens (primary N) is 1. The summed E-state index contributed by atoms with van der Waals surface area (Å²) in [5, 5.41) is 0. The number of amides is 1. The van der Waals surface area contributed by atoms with Gasteiger partial charge in [-0.2, -0.15) is 13.2 Å². The van der Waals surface area contributed by atoms with Crippen LogP contribution in [0.4, 0.5) is 18.9 Å². The first-order valence-electron chi connectivity index (χ1n) is 6.25. The third-order valence-electron chi connectivity index (χ3n) is 3.68. The Morgan fingerprint density at radius 2 is 1.85 bits per heavy atom. The van der Waals surface area contributed by atoms with Crippen LogP contribution in [0, 0.1) is 0 Å². The first-order valence-corrected chi connectivity index (χ1v) is 6.25. The summed E-state index contributed by atoms with van der Waals surface area (Å²) >= 11 is 0. The summed E-state index contributed by atoms with van der Waals surface area (Å²) in [5.74, 6) is -0.456. The van der Waals surface area contributed by atoms with E-state index in [4.69, 9.17) is 5.73 Å². The van der Waals surface area contributed by atoms with Gasteiger partial charge < -0.3 is 10.6 Å². The molecule has 0 aliphatic heterocycles. The lowest BCUT2D eigenvalue weighted by molar-refractivity contribution is -0.136. The van der Waals surface area contributed by atoms with E-state index in [1.807, 2.05) is 20.8 Å². The van der Waals surface area contributed by atoms with Crippen molar-refractivity contribution in [2.24, 2.45) is 0 Å². The third kappa shape index (κ3) is 3.23. The number of carbonyl (C=O) groups is 1. The first-order chi connectivity index (χ1) is 9.00. The second-order valence-electron chi connectivity index (χ2n) is 5.33. The van der Waals surface area contributed by atoms with E-state index < -0.39 is 23.2 Å². The van der Waals surface area contributed by atoms with Crippen molar-refractivity contribution >= 4 is 11.6 Å². The fraction of sp³-hybridized carbons (Fsp3) is 0.500. The number of benzene rings is 1. The lowest BCUT2D eigenvalue weighted by Crippen LogP contribution is -2.44. The van der Waals surface area contributed by atoms with Gasteiger partial charge in [-0.05, 0) is 38.5 Å². The molecule has 0 bridgehead atoms. The highest BCUT2D eigenvalue weighted by atomic mass is 19.4. The Bertz CT molecular complexity index is 510. The number of rotatable bonds is 3. The van der Waals surface area contributed by atoms with Gasteiger partial charge >= 0.3 is 6.18 Å². The molecule has 0 heterocycles. The molecule has 0 fully saturated rings. The van der Waals surface area contributed by atoms with Crippen molar-refractivity contribution in [2.75, 3.05) is 12.8 Å². The van der Waals surface area contributed by atoms with Crippen molar-refractivity contribution in [1.82, 2.24) is 4.90 Å². The number of nitrogen functional groups attached to an aromatic ring is 1. The van der Waals surface area contributed by atoms with Crippen LogP contribution >= 0.6 is 0 Å². The highest BCUT2D eigenvalue weighted by Crippen LogP contribution is 2.34. The molecule has 0 atom stereocenters. The van der Waals surface area contributed by atoms with Gasteiger partial charge in [0.2, 0.25) is 0 Å². The molecule has 2 N–H and O–H groups in total. The Hall–Kier alpha value is -1.72. The standard InChI is InChI=1S/C14H19F3N2O/c1-5-13(2,3)19(4)12(20)9-6-7-11(18)10(8-9)14(15,16)17/h6-8H,5,18H2,1-4H3. The molecule has 0 radical (unpaired) electrons. The van der Waals surface area contributed by atoms with Crippen LogP contribution < -0.4 is 5.73 Å². The molecule has 1 aromatic carbocycles. The molecule has 0 spiro atoms. The third-order valence-corrected chi connectivity index (χ3v) is 3.68. The molecule has 0 saturated carbocycles. The van der Waals surface area contributed by atoms with Crippen molar-refractivity contribution in [3.8, 4) is 0 Å². The van der Waals surface area contributed by atoms with Gasteiger partial charge in [0.15, 0.2) is 0 Å². The first kappa shape index (κ1) is 16.3. The number of hydrogen-bond acceptors (Lipinski definition) is 2. The zero-order chi connectivity index (χ0) is 15.7. The monoisotopic (exact) mass is 288 g/mol. The Morgan fingerprint density at radius 3 is 2.30 bits per heavy atom. The van der Waals surface area contributed by atoms with Crippen molar-refractivity contribution in [3.05, 3.63) is 29.3 Å². The molecule has 0 saturated heterocycles. The lowest BCUT2D eigenvalue weighted by atomic mass is 9.98. The molecule has 112 valence electrons. The van der Waals surface area contributed by atoms with Gasteiger partial charge in [0.25, 0.3) is 5.91 Å². The lowest BCUT2D eigenvalue weighted by Gasteiger charge is -2.35. The Morgan fingerprint density at radius 1 is 1.30 bits per heavy atom. The van der Waals surface area contributed by atoms with E-state index in [-0.39, 0.29) is 11.3 Å². The maximum atomic E-state index is 12.8. The largest absolute Gasteiger partial charge is 0.418 e. The van der Waals surface area contributed by atoms with Crippen LogP contribution in [0.15, 0.2) is 18.2 Å². The number of nitrogens with zero attached hydrogens (tertiary/aromatic N) is 1. The topological polar surface area (TPSA) is 46.3 Å². The number of hydrogen-bond donors (Lipinski definition) is 1. The molecule has 0 unspecified atom stereocenters. The van der Waals surface area contributed by atoms with E-state index in [0.29, 0.717) is 6.42 Å². The van der Waals surface area contributed by atoms with Gasteiger partial charge in [0.05, 0.1) is 5.56 Å². The summed E-state index contributed by atoms with van der Waals surface area (Å²) in [6.07, 6.45) is -3.88. The number of alkyl halides is 3. The Kier molecular flexibility index (Phi) is 4.36. The van der Waals surface area contributed by atoms with E-state index >= 15 is 0 Å². The molecule has 20 heavy (non-hydrogen) atoms. The summed E-state index contributed by atoms with van der Waals surface area (Å²) in [7, 11) is 1.58. The van der Waals surface area contributed by atoms with Gasteiger partial charge in [-0.1, -0.05) is 6.92 Å². The summed E-state index contributed by atoms with van der Waals surface area (Å²) in [5.41, 5.74) is 3.50. The van der Waals surface area contributed by atoms with Gasteiger partial charge in [-0.15, -0.1) is 0 Å². The summed E-state index contributed by atoms with van der Waals surface area (Å²) in [6.45, 7) is 5.62. The molecular weight excluding hydrogens is 269 g/mol. The minimum Gasteiger partial charge on any atom is -0.398 e. The maximum absolute atomic E-state index is 12.8. The maximum Gasteiger partial charge on any atom is 0.418 e. The average Bonchev–Trinajstić information content (AvgIpc) is 2.36. The van der Waals surface area contributed by atoms with Gasteiger partial charge in [0, 0.05) is 23.8 Å². The van der Waals surface area contributed by atoms with E-state index in [1.54, 1.807) is 7.05 Å². The van der Waals surface area contributed by atoms with Crippen LogP contribution in [0.25, 0.3) is 0 Å². The predicted molar refractivity (Wildman–Crippen MR) is 72.3 cm³/mol. The van der Waals surface area contributed by atoms with Crippen LogP contribution in [0.3, 0.4) is 0 Å². The molecule has 3 nitrogen and oxygen atoms in total. The highest BCUT2D eigenvalue weighted by Gasteiger charge is 2.34. The van der Waals surface area contributed by atoms with Crippen molar-refractivity contribution in [2.45, 2.75) is 38.9 Å². The van der Waals surface area contributed by atoms with Crippen molar-refractivity contribution in [3.63, 3.8) is 0 Å². The fourth-order valence-corrected chi connectivity index (χ4v) is 1.64. The second kappa shape index (κ2) is 5.34. The summed E-state index contributed by atoms with van der Waals surface area (Å²) in [6, 6.07) is 3.23. The fourth-order valence-electron chi connectivity index (χ4n) is 1.64. The van der Waals surface area contributed by atoms with Crippen LogP contribution in [-0.4, -0.2) is 23.4 Å². The van der Waals surface area contributed by atoms with E-state index in [2.05, 4.69) is 0 Å². The number of carbonyl (C=O) groups excluding carboxylic acids is 1. The number of anilines is 1. The van der Waals surface area contributed by atoms with Gasteiger partial charge in [0.1, 0.15) is 0 Å². The van der Waals surface area contributed by atoms with E-state index in [9.17, 15) is 18.0 Å². The van der Waals surface area contributed by atoms with Crippen LogP contribution in [-0.2, 0) is 6.18 Å². The Balaban J connectivity index is 3.19. The van der Waals surface area contributed by atoms with Gasteiger partial charge in [-0.25, -0.2) is 0 Å². The zero-order valence-corrected chi connectivity index (χ0v) is 12.0. The second-order valence-corrected chi connectivity index (χ2v) is 5.33. The predicted octanol–water partition coefficient (Wildman–Crippen LogP) is 3.55. The molecule has 1 aromatic rings. The molecule has 1 amide bonds. The minimum atomic E-state index is -4.57. The van der Waals surface area contributed by atoms with Crippen molar-refractivity contribution < 1.29 is 18.0 Å². The van der Waals surface area contributed by atoms with E-state index in [0.717, 1.165) is 12.1 Å². The van der Waals surface area contributed by atoms with Crippen LogP contribution in [0.2, 0.25) is 0 Å². The normalized spacial score (nSPS) is 12.3.